The van der Waals surface area contributed by atoms with E-state index in [0.717, 1.165) is 6.42 Å². The number of imide groups is 1. The Labute approximate surface area is 220 Å². The van der Waals surface area contributed by atoms with Crippen LogP contribution in [0.15, 0.2) is 78.9 Å². The minimum atomic E-state index is -0.734. The Kier molecular flexibility index (Phi) is 7.22. The molecule has 3 atom stereocenters. The third kappa shape index (κ3) is 5.02. The molecule has 3 aromatic rings. The fourth-order valence-electron chi connectivity index (χ4n) is 5.38. The average Bonchev–Trinajstić information content (AvgIpc) is 3.21. The van der Waals surface area contributed by atoms with E-state index in [0.29, 0.717) is 30.0 Å². The number of hydrogen-bond donors (Lipinski definition) is 1. The summed E-state index contributed by atoms with van der Waals surface area (Å²) in [7, 11) is 1.49. The lowest BCUT2D eigenvalue weighted by molar-refractivity contribution is -0.122. The van der Waals surface area contributed by atoms with Crippen LogP contribution in [0.3, 0.4) is 0 Å². The van der Waals surface area contributed by atoms with Gasteiger partial charge in [-0.05, 0) is 61.1 Å². The molecule has 1 saturated heterocycles. The smallest absolute Gasteiger partial charge is 0.338 e. The van der Waals surface area contributed by atoms with Gasteiger partial charge in [-0.15, -0.1) is 0 Å². The first-order chi connectivity index (χ1) is 18.5. The van der Waals surface area contributed by atoms with Gasteiger partial charge in [-0.2, -0.15) is 0 Å². The topological polar surface area (TPSA) is 102 Å². The van der Waals surface area contributed by atoms with Gasteiger partial charge in [0.1, 0.15) is 5.75 Å². The number of nitrogens with one attached hydrogen (secondary N) is 1. The number of ether oxygens (including phenoxy) is 2. The maximum atomic E-state index is 13.4. The van der Waals surface area contributed by atoms with Crippen LogP contribution in [0.5, 0.6) is 5.75 Å². The normalized spacial score (nSPS) is 20.6. The summed E-state index contributed by atoms with van der Waals surface area (Å²) >= 11 is 0. The van der Waals surface area contributed by atoms with Crippen molar-refractivity contribution >= 4 is 35.1 Å². The predicted octanol–water partition coefficient (Wildman–Crippen LogP) is 4.56. The van der Waals surface area contributed by atoms with Gasteiger partial charge in [0.25, 0.3) is 5.91 Å². The zero-order valence-corrected chi connectivity index (χ0v) is 21.0. The lowest BCUT2D eigenvalue weighted by Gasteiger charge is -2.28. The molecular formula is C30H28N2O6. The molecule has 2 fully saturated rings. The highest BCUT2D eigenvalue weighted by molar-refractivity contribution is 6.22. The van der Waals surface area contributed by atoms with Gasteiger partial charge >= 0.3 is 5.97 Å². The molecule has 1 aliphatic heterocycles. The van der Waals surface area contributed by atoms with Crippen molar-refractivity contribution in [2.24, 2.45) is 11.8 Å². The Bertz CT molecular complexity index is 1370. The highest BCUT2D eigenvalue weighted by atomic mass is 16.5. The van der Waals surface area contributed by atoms with E-state index >= 15 is 0 Å². The van der Waals surface area contributed by atoms with Crippen LogP contribution in [0.25, 0.3) is 0 Å². The zero-order valence-electron chi connectivity index (χ0n) is 21.0. The van der Waals surface area contributed by atoms with Crippen LogP contribution in [0.1, 0.15) is 41.1 Å². The Morgan fingerprint density at radius 3 is 2.42 bits per heavy atom. The summed E-state index contributed by atoms with van der Waals surface area (Å²) < 4.78 is 10.4. The molecule has 8 nitrogen and oxygen atoms in total. The Morgan fingerprint density at radius 1 is 0.895 bits per heavy atom. The quantitative estimate of drug-likeness (QED) is 0.368. The third-order valence-corrected chi connectivity index (χ3v) is 7.25. The van der Waals surface area contributed by atoms with Crippen molar-refractivity contribution in [1.29, 1.82) is 0 Å². The molecule has 0 bridgehead atoms. The first kappa shape index (κ1) is 25.2. The second-order valence-corrected chi connectivity index (χ2v) is 9.52. The molecule has 1 aliphatic carbocycles. The van der Waals surface area contributed by atoms with Crippen molar-refractivity contribution in [2.75, 3.05) is 23.9 Å². The molecule has 3 aromatic carbocycles. The molecule has 8 heteroatoms. The Balaban J connectivity index is 1.24. The summed E-state index contributed by atoms with van der Waals surface area (Å²) in [5.74, 6) is -1.74. The Morgan fingerprint density at radius 2 is 1.63 bits per heavy atom. The van der Waals surface area contributed by atoms with Gasteiger partial charge < -0.3 is 14.8 Å². The summed E-state index contributed by atoms with van der Waals surface area (Å²) in [4.78, 5) is 52.8. The van der Waals surface area contributed by atoms with Gasteiger partial charge in [0.15, 0.2) is 6.61 Å². The molecule has 5 rings (SSSR count). The van der Waals surface area contributed by atoms with E-state index in [2.05, 4.69) is 17.4 Å². The van der Waals surface area contributed by atoms with Crippen LogP contribution in [-0.4, -0.2) is 37.4 Å². The monoisotopic (exact) mass is 512 g/mol. The van der Waals surface area contributed by atoms with E-state index in [1.165, 1.54) is 29.7 Å². The van der Waals surface area contributed by atoms with E-state index in [9.17, 15) is 19.2 Å². The fraction of sp³-hybridized carbons (Fsp3) is 0.267. The first-order valence-corrected chi connectivity index (χ1v) is 12.6. The van der Waals surface area contributed by atoms with Gasteiger partial charge in [-0.1, -0.05) is 48.5 Å². The summed E-state index contributed by atoms with van der Waals surface area (Å²) in [6.07, 6.45) is 2.12. The zero-order chi connectivity index (χ0) is 26.6. The number of fused-ring (bicyclic) bond motifs is 1. The molecule has 3 amide bonds. The van der Waals surface area contributed by atoms with Crippen LogP contribution in [0, 0.1) is 11.8 Å². The Hall–Kier alpha value is -4.46. The number of carbonyl (C=O) groups excluding carboxylic acids is 4. The van der Waals surface area contributed by atoms with Gasteiger partial charge in [0.05, 0.1) is 35.9 Å². The number of amides is 3. The molecular weight excluding hydrogens is 484 g/mol. The molecule has 1 N–H and O–H groups in total. The second-order valence-electron chi connectivity index (χ2n) is 9.52. The van der Waals surface area contributed by atoms with Crippen molar-refractivity contribution in [1.82, 2.24) is 0 Å². The van der Waals surface area contributed by atoms with Gasteiger partial charge in [0.2, 0.25) is 11.8 Å². The molecule has 3 unspecified atom stereocenters. The molecule has 1 saturated carbocycles. The van der Waals surface area contributed by atoms with E-state index in [1.807, 2.05) is 18.2 Å². The minimum absolute atomic E-state index is 0.144. The van der Waals surface area contributed by atoms with Crippen LogP contribution in [-0.2, 0) is 19.1 Å². The number of para-hydroxylation sites is 2. The number of esters is 1. The van der Waals surface area contributed by atoms with E-state index in [1.54, 1.807) is 36.4 Å². The number of benzene rings is 3. The predicted molar refractivity (Wildman–Crippen MR) is 141 cm³/mol. The standard InChI is InChI=1S/C30H28N2O6/c1-37-26-13-6-5-12-25(26)31-27(33)18-38-30(36)21-10-7-11-22(16-21)32-28(34)23-15-14-20(17-24(23)29(32)35)19-8-3-2-4-9-19/h2-13,16,20,23-24H,14-15,17-18H2,1H3,(H,31,33). The van der Waals surface area contributed by atoms with Crippen LogP contribution in [0.2, 0.25) is 0 Å². The summed E-state index contributed by atoms with van der Waals surface area (Å²) in [5.41, 5.74) is 2.12. The van der Waals surface area contributed by atoms with Gasteiger partial charge in [-0.25, -0.2) is 4.79 Å². The average molecular weight is 513 g/mol. The van der Waals surface area contributed by atoms with Crippen LogP contribution in [0.4, 0.5) is 11.4 Å². The van der Waals surface area contributed by atoms with Crippen molar-refractivity contribution in [3.63, 3.8) is 0 Å². The maximum absolute atomic E-state index is 13.4. The second kappa shape index (κ2) is 10.9. The van der Waals surface area contributed by atoms with E-state index in [4.69, 9.17) is 9.47 Å². The number of carbonyl (C=O) groups is 4. The fourth-order valence-corrected chi connectivity index (χ4v) is 5.38. The highest BCUT2D eigenvalue weighted by Crippen LogP contribution is 2.45. The number of nitrogens with zero attached hydrogens (tertiary/aromatic N) is 1. The van der Waals surface area contributed by atoms with Crippen molar-refractivity contribution in [3.05, 3.63) is 90.0 Å². The molecule has 2 aliphatic rings. The molecule has 38 heavy (non-hydrogen) atoms. The number of methoxy groups -OCH3 is 1. The number of rotatable bonds is 7. The van der Waals surface area contributed by atoms with Crippen molar-refractivity contribution < 1.29 is 28.7 Å². The lowest BCUT2D eigenvalue weighted by atomic mass is 9.73. The molecule has 1 heterocycles. The summed E-state index contributed by atoms with van der Waals surface area (Å²) in [6.45, 7) is -0.506. The highest BCUT2D eigenvalue weighted by Gasteiger charge is 2.50. The largest absolute Gasteiger partial charge is 0.495 e. The molecule has 0 aromatic heterocycles. The van der Waals surface area contributed by atoms with Gasteiger partial charge in [0, 0.05) is 0 Å². The van der Waals surface area contributed by atoms with E-state index < -0.39 is 18.5 Å². The van der Waals surface area contributed by atoms with Gasteiger partial charge in [-0.3, -0.25) is 19.3 Å². The summed E-state index contributed by atoms with van der Waals surface area (Å²) in [6, 6.07) is 23.2. The minimum Gasteiger partial charge on any atom is -0.495 e. The number of anilines is 2. The molecule has 194 valence electrons. The molecule has 0 radical (unpaired) electrons. The molecule has 0 spiro atoms. The van der Waals surface area contributed by atoms with Crippen LogP contribution < -0.4 is 15.0 Å². The number of hydrogen-bond acceptors (Lipinski definition) is 6. The first-order valence-electron chi connectivity index (χ1n) is 12.6. The lowest BCUT2D eigenvalue weighted by Crippen LogP contribution is -2.31. The van der Waals surface area contributed by atoms with Crippen LogP contribution >= 0.6 is 0 Å². The van der Waals surface area contributed by atoms with Crippen molar-refractivity contribution in [2.45, 2.75) is 25.2 Å². The SMILES string of the molecule is COc1ccccc1NC(=O)COC(=O)c1cccc(N2C(=O)C3CCC(c4ccccc4)CC3C2=O)c1. The van der Waals surface area contributed by atoms with E-state index in [-0.39, 0.29) is 35.1 Å². The third-order valence-electron chi connectivity index (χ3n) is 7.25. The van der Waals surface area contributed by atoms with Crippen molar-refractivity contribution in [3.8, 4) is 5.75 Å². The summed E-state index contributed by atoms with van der Waals surface area (Å²) in [5, 5.41) is 2.64. The maximum Gasteiger partial charge on any atom is 0.338 e.